The molecule has 130 valence electrons. The van der Waals surface area contributed by atoms with Crippen LogP contribution in [0.5, 0.6) is 5.75 Å². The van der Waals surface area contributed by atoms with Gasteiger partial charge in [0.25, 0.3) is 5.91 Å². The highest BCUT2D eigenvalue weighted by Gasteiger charge is 2.07. The first-order valence-corrected chi connectivity index (χ1v) is 7.68. The van der Waals surface area contributed by atoms with Gasteiger partial charge in [0.15, 0.2) is 0 Å². The van der Waals surface area contributed by atoms with E-state index in [1.807, 2.05) is 0 Å². The van der Waals surface area contributed by atoms with Gasteiger partial charge in [0, 0.05) is 17.4 Å². The fourth-order valence-electron chi connectivity index (χ4n) is 2.39. The van der Waals surface area contributed by atoms with E-state index in [9.17, 15) is 14.7 Å². The number of phenolic OH excluding ortho intramolecular Hbond substituents is 1. The molecule has 3 N–H and O–H groups in total. The summed E-state index contributed by atoms with van der Waals surface area (Å²) in [6.45, 7) is 0. The number of amides is 1. The number of benzene rings is 2. The topological polar surface area (TPSA) is 104 Å². The van der Waals surface area contributed by atoms with Gasteiger partial charge in [-0.3, -0.25) is 4.79 Å². The number of carboxylic acid groups (broad SMARTS) is 1. The van der Waals surface area contributed by atoms with Crippen molar-refractivity contribution >= 4 is 18.1 Å². The first-order chi connectivity index (χ1) is 12.5. The maximum absolute atomic E-state index is 12.0. The number of phenols is 1. The summed E-state index contributed by atoms with van der Waals surface area (Å²) in [5.74, 6) is -1.47. The fourth-order valence-corrected chi connectivity index (χ4v) is 2.39. The van der Waals surface area contributed by atoms with E-state index in [0.717, 1.165) is 0 Å². The molecule has 0 aliphatic carbocycles. The maximum Gasteiger partial charge on any atom is 0.335 e. The van der Waals surface area contributed by atoms with Gasteiger partial charge in [-0.25, -0.2) is 10.2 Å². The number of hydrogen-bond donors (Lipinski definition) is 3. The third kappa shape index (κ3) is 3.78. The van der Waals surface area contributed by atoms with Crippen LogP contribution in [0.4, 0.5) is 0 Å². The van der Waals surface area contributed by atoms with E-state index in [2.05, 4.69) is 10.5 Å². The van der Waals surface area contributed by atoms with Crippen molar-refractivity contribution < 1.29 is 19.8 Å². The van der Waals surface area contributed by atoms with E-state index in [1.54, 1.807) is 53.2 Å². The van der Waals surface area contributed by atoms with Gasteiger partial charge in [0.1, 0.15) is 5.75 Å². The molecule has 7 heteroatoms. The van der Waals surface area contributed by atoms with E-state index < -0.39 is 11.9 Å². The van der Waals surface area contributed by atoms with Gasteiger partial charge in [-0.1, -0.05) is 12.1 Å². The predicted octanol–water partition coefficient (Wildman–Crippen LogP) is 2.65. The Hall–Kier alpha value is -3.87. The molecule has 0 bridgehead atoms. The summed E-state index contributed by atoms with van der Waals surface area (Å²) in [6.07, 6.45) is 3.22. The Morgan fingerprint density at radius 2 is 1.77 bits per heavy atom. The molecule has 26 heavy (non-hydrogen) atoms. The van der Waals surface area contributed by atoms with Crippen molar-refractivity contribution in [1.82, 2.24) is 9.99 Å². The smallest absolute Gasteiger partial charge is 0.335 e. The molecule has 3 rings (SSSR count). The van der Waals surface area contributed by atoms with Gasteiger partial charge in [-0.15, -0.1) is 0 Å². The van der Waals surface area contributed by atoms with Crippen molar-refractivity contribution in [3.05, 3.63) is 83.7 Å². The SMILES string of the molecule is O=C(O)c1cccc(-n2cccc2/C=N/NC(=O)c2cccc(O)c2)c1. The lowest BCUT2D eigenvalue weighted by Gasteiger charge is -2.07. The average Bonchev–Trinajstić information content (AvgIpc) is 3.10. The summed E-state index contributed by atoms with van der Waals surface area (Å²) in [4.78, 5) is 23.1. The highest BCUT2D eigenvalue weighted by molar-refractivity contribution is 5.95. The quantitative estimate of drug-likeness (QED) is 0.486. The molecule has 0 atom stereocenters. The van der Waals surface area contributed by atoms with Crippen LogP contribution >= 0.6 is 0 Å². The van der Waals surface area contributed by atoms with Crippen LogP contribution in [0.3, 0.4) is 0 Å². The van der Waals surface area contributed by atoms with Crippen LogP contribution in [-0.2, 0) is 0 Å². The molecule has 1 amide bonds. The largest absolute Gasteiger partial charge is 0.508 e. The van der Waals surface area contributed by atoms with Crippen molar-refractivity contribution in [3.8, 4) is 11.4 Å². The number of carbonyl (C=O) groups is 2. The molecule has 2 aromatic carbocycles. The van der Waals surface area contributed by atoms with Gasteiger partial charge >= 0.3 is 5.97 Å². The number of aromatic carboxylic acids is 1. The lowest BCUT2D eigenvalue weighted by molar-refractivity contribution is 0.0696. The van der Waals surface area contributed by atoms with E-state index in [0.29, 0.717) is 11.4 Å². The number of nitrogens with one attached hydrogen (secondary N) is 1. The van der Waals surface area contributed by atoms with Crippen LogP contribution in [0.15, 0.2) is 72.0 Å². The molecule has 0 unspecified atom stereocenters. The summed E-state index contributed by atoms with van der Waals surface area (Å²) in [7, 11) is 0. The fraction of sp³-hybridized carbons (Fsp3) is 0. The van der Waals surface area contributed by atoms with E-state index >= 15 is 0 Å². The minimum Gasteiger partial charge on any atom is -0.508 e. The molecule has 0 fully saturated rings. The number of aromatic nitrogens is 1. The molecule has 0 radical (unpaired) electrons. The number of hydrogen-bond acceptors (Lipinski definition) is 4. The van der Waals surface area contributed by atoms with E-state index in [-0.39, 0.29) is 16.9 Å². The lowest BCUT2D eigenvalue weighted by Crippen LogP contribution is -2.17. The highest BCUT2D eigenvalue weighted by atomic mass is 16.4. The van der Waals surface area contributed by atoms with Gasteiger partial charge in [-0.2, -0.15) is 5.10 Å². The molecule has 3 aromatic rings. The molecule has 0 saturated heterocycles. The minimum absolute atomic E-state index is 0.00572. The monoisotopic (exact) mass is 349 g/mol. The number of carbonyl (C=O) groups excluding carboxylic acids is 1. The molecule has 1 aromatic heterocycles. The van der Waals surface area contributed by atoms with Gasteiger partial charge in [0.05, 0.1) is 17.5 Å². The van der Waals surface area contributed by atoms with Crippen LogP contribution < -0.4 is 5.43 Å². The summed E-state index contributed by atoms with van der Waals surface area (Å²) in [6, 6.07) is 16.0. The summed E-state index contributed by atoms with van der Waals surface area (Å²) in [5, 5.41) is 22.4. The molecular formula is C19H15N3O4. The molecule has 0 aliphatic rings. The minimum atomic E-state index is -1.01. The average molecular weight is 349 g/mol. The van der Waals surface area contributed by atoms with Crippen LogP contribution in [0.25, 0.3) is 5.69 Å². The van der Waals surface area contributed by atoms with Gasteiger partial charge in [0.2, 0.25) is 0 Å². The second-order valence-electron chi connectivity index (χ2n) is 5.41. The van der Waals surface area contributed by atoms with E-state index in [1.165, 1.54) is 24.4 Å². The number of hydrazone groups is 1. The van der Waals surface area contributed by atoms with Gasteiger partial charge < -0.3 is 14.8 Å². The van der Waals surface area contributed by atoms with Crippen LogP contribution in [0, 0.1) is 0 Å². The zero-order valence-electron chi connectivity index (χ0n) is 13.5. The Labute approximate surface area is 148 Å². The molecule has 7 nitrogen and oxygen atoms in total. The molecule has 1 heterocycles. The van der Waals surface area contributed by atoms with Crippen molar-refractivity contribution in [2.75, 3.05) is 0 Å². The standard InChI is InChI=1S/C19H15N3O4/c23-17-8-2-4-13(11-17)18(24)21-20-12-16-7-3-9-22(16)15-6-1-5-14(10-15)19(25)26/h1-12,23H,(H,21,24)(H,25,26)/b20-12+. The maximum atomic E-state index is 12.0. The zero-order valence-corrected chi connectivity index (χ0v) is 13.5. The van der Waals surface area contributed by atoms with Crippen molar-refractivity contribution in [2.24, 2.45) is 5.10 Å². The Balaban J connectivity index is 1.77. The van der Waals surface area contributed by atoms with Crippen molar-refractivity contribution in [3.63, 3.8) is 0 Å². The van der Waals surface area contributed by atoms with Crippen LogP contribution in [0.2, 0.25) is 0 Å². The summed E-state index contributed by atoms with van der Waals surface area (Å²) >= 11 is 0. The normalized spacial score (nSPS) is 10.8. The lowest BCUT2D eigenvalue weighted by atomic mass is 10.2. The number of carboxylic acids is 1. The summed E-state index contributed by atoms with van der Waals surface area (Å²) < 4.78 is 1.75. The Kier molecular flexibility index (Phi) is 4.80. The third-order valence-electron chi connectivity index (χ3n) is 3.62. The van der Waals surface area contributed by atoms with Crippen LogP contribution in [-0.4, -0.2) is 32.9 Å². The highest BCUT2D eigenvalue weighted by Crippen LogP contribution is 2.14. The first-order valence-electron chi connectivity index (χ1n) is 7.68. The second-order valence-corrected chi connectivity index (χ2v) is 5.41. The van der Waals surface area contributed by atoms with Gasteiger partial charge in [-0.05, 0) is 48.5 Å². The number of aromatic hydroxyl groups is 1. The zero-order chi connectivity index (χ0) is 18.5. The molecular weight excluding hydrogens is 334 g/mol. The van der Waals surface area contributed by atoms with Crippen molar-refractivity contribution in [2.45, 2.75) is 0 Å². The Morgan fingerprint density at radius 1 is 1.00 bits per heavy atom. The third-order valence-corrected chi connectivity index (χ3v) is 3.62. The Bertz CT molecular complexity index is 992. The second kappa shape index (κ2) is 7.35. The predicted molar refractivity (Wildman–Crippen MR) is 95.9 cm³/mol. The molecule has 0 spiro atoms. The molecule has 0 saturated carbocycles. The van der Waals surface area contributed by atoms with Crippen LogP contribution in [0.1, 0.15) is 26.4 Å². The first kappa shape index (κ1) is 17.0. The number of rotatable bonds is 5. The Morgan fingerprint density at radius 3 is 2.54 bits per heavy atom. The van der Waals surface area contributed by atoms with E-state index in [4.69, 9.17) is 5.11 Å². The van der Waals surface area contributed by atoms with Crippen molar-refractivity contribution in [1.29, 1.82) is 0 Å². The summed E-state index contributed by atoms with van der Waals surface area (Å²) in [5.41, 5.74) is 4.16. The number of nitrogens with zero attached hydrogens (tertiary/aromatic N) is 2. The molecule has 0 aliphatic heterocycles.